The highest BCUT2D eigenvalue weighted by atomic mass is 32.2. The van der Waals surface area contributed by atoms with Crippen LogP contribution < -0.4 is 10.1 Å². The van der Waals surface area contributed by atoms with Gasteiger partial charge in [0.1, 0.15) is 10.8 Å². The van der Waals surface area contributed by atoms with E-state index in [-0.39, 0.29) is 24.2 Å². The lowest BCUT2D eigenvalue weighted by Gasteiger charge is -2.13. The topological polar surface area (TPSA) is 95.3 Å². The Kier molecular flexibility index (Phi) is 7.40. The zero-order valence-electron chi connectivity index (χ0n) is 19.8. The van der Waals surface area contributed by atoms with E-state index in [1.54, 1.807) is 25.4 Å². The van der Waals surface area contributed by atoms with Gasteiger partial charge in [-0.15, -0.1) is 32.9 Å². The number of rotatable bonds is 9. The van der Waals surface area contributed by atoms with Crippen molar-refractivity contribution < 1.29 is 19.1 Å². The van der Waals surface area contributed by atoms with Gasteiger partial charge >= 0.3 is 5.97 Å². The van der Waals surface area contributed by atoms with E-state index in [1.807, 2.05) is 46.3 Å². The van der Waals surface area contributed by atoms with E-state index in [4.69, 9.17) is 9.47 Å². The van der Waals surface area contributed by atoms with Crippen molar-refractivity contribution in [3.63, 3.8) is 0 Å². The highest BCUT2D eigenvalue weighted by molar-refractivity contribution is 7.99. The predicted octanol–water partition coefficient (Wildman–Crippen LogP) is 5.46. The molecule has 4 aromatic rings. The molecule has 0 saturated carbocycles. The first kappa shape index (κ1) is 24.5. The number of amides is 1. The Morgan fingerprint density at radius 2 is 2.03 bits per heavy atom. The molecule has 3 heterocycles. The van der Waals surface area contributed by atoms with Crippen molar-refractivity contribution in [1.82, 2.24) is 14.8 Å². The summed E-state index contributed by atoms with van der Waals surface area (Å²) >= 11 is 4.31. The second kappa shape index (κ2) is 10.9. The van der Waals surface area contributed by atoms with E-state index in [9.17, 15) is 9.59 Å². The van der Waals surface area contributed by atoms with Gasteiger partial charge in [0.2, 0.25) is 5.91 Å². The SMILES string of the molecule is CCOC(=O)c1c(NC(=O)CSc2nnc(-c3cccs3)n2-c2ccccc2OC)sc2c1CCC2. The number of carbonyl (C=O) groups excluding carboxylic acids is 2. The normalized spacial score (nSPS) is 12.4. The minimum atomic E-state index is -0.378. The molecule has 1 N–H and O–H groups in total. The summed E-state index contributed by atoms with van der Waals surface area (Å²) in [4.78, 5) is 27.7. The van der Waals surface area contributed by atoms with Crippen LogP contribution in [0.5, 0.6) is 5.75 Å². The van der Waals surface area contributed by atoms with Crippen molar-refractivity contribution in [2.45, 2.75) is 31.3 Å². The minimum absolute atomic E-state index is 0.0998. The lowest BCUT2D eigenvalue weighted by Crippen LogP contribution is -2.17. The first-order valence-corrected chi connectivity index (χ1v) is 14.2. The molecule has 5 rings (SSSR count). The van der Waals surface area contributed by atoms with Crippen LogP contribution in [0.4, 0.5) is 5.00 Å². The van der Waals surface area contributed by atoms with E-state index in [0.717, 1.165) is 40.3 Å². The third-order valence-electron chi connectivity index (χ3n) is 5.69. The number of anilines is 1. The number of hydrogen-bond acceptors (Lipinski definition) is 9. The Balaban J connectivity index is 1.39. The molecule has 0 saturated heterocycles. The highest BCUT2D eigenvalue weighted by Crippen LogP contribution is 2.40. The molecule has 11 heteroatoms. The molecule has 0 unspecified atom stereocenters. The first-order valence-electron chi connectivity index (χ1n) is 11.5. The Hall–Kier alpha value is -3.15. The van der Waals surface area contributed by atoms with E-state index in [1.165, 1.54) is 23.1 Å². The minimum Gasteiger partial charge on any atom is -0.495 e. The molecule has 0 spiro atoms. The molecule has 1 amide bonds. The highest BCUT2D eigenvalue weighted by Gasteiger charge is 2.28. The van der Waals surface area contributed by atoms with E-state index in [2.05, 4.69) is 15.5 Å². The molecule has 0 bridgehead atoms. The van der Waals surface area contributed by atoms with Gasteiger partial charge in [-0.25, -0.2) is 4.79 Å². The fourth-order valence-electron chi connectivity index (χ4n) is 4.16. The maximum Gasteiger partial charge on any atom is 0.341 e. The third kappa shape index (κ3) is 4.78. The second-order valence-corrected chi connectivity index (χ2v) is 10.9. The summed E-state index contributed by atoms with van der Waals surface area (Å²) < 4.78 is 12.8. The molecule has 0 atom stereocenters. The maximum absolute atomic E-state index is 13.0. The molecule has 0 fully saturated rings. The number of thiophene rings is 2. The van der Waals surface area contributed by atoms with Gasteiger partial charge in [0.15, 0.2) is 11.0 Å². The quantitative estimate of drug-likeness (QED) is 0.222. The summed E-state index contributed by atoms with van der Waals surface area (Å²) in [5.74, 6) is 0.849. The lowest BCUT2D eigenvalue weighted by atomic mass is 10.1. The Bertz CT molecular complexity index is 1390. The number of aromatic nitrogens is 3. The van der Waals surface area contributed by atoms with Crippen molar-refractivity contribution in [2.24, 2.45) is 0 Å². The van der Waals surface area contributed by atoms with Crippen LogP contribution in [0.25, 0.3) is 16.4 Å². The maximum atomic E-state index is 13.0. The average Bonchev–Trinajstić information content (AvgIpc) is 3.67. The van der Waals surface area contributed by atoms with Gasteiger partial charge in [-0.3, -0.25) is 9.36 Å². The Labute approximate surface area is 220 Å². The van der Waals surface area contributed by atoms with Crippen LogP contribution in [-0.2, 0) is 22.4 Å². The van der Waals surface area contributed by atoms with Gasteiger partial charge in [-0.05, 0) is 55.3 Å². The number of nitrogens with one attached hydrogen (secondary N) is 1. The third-order valence-corrected chi connectivity index (χ3v) is 8.69. The van der Waals surface area contributed by atoms with Gasteiger partial charge in [-0.2, -0.15) is 0 Å². The molecule has 1 aliphatic rings. The number of carbonyl (C=O) groups is 2. The number of esters is 1. The summed E-state index contributed by atoms with van der Waals surface area (Å²) in [7, 11) is 1.62. The molecule has 8 nitrogen and oxygen atoms in total. The smallest absolute Gasteiger partial charge is 0.341 e. The van der Waals surface area contributed by atoms with Crippen molar-refractivity contribution in [3.8, 4) is 22.1 Å². The van der Waals surface area contributed by atoms with Crippen LogP contribution in [0.2, 0.25) is 0 Å². The standard InChI is InChI=1S/C25H24N4O4S3/c1-3-33-24(31)21-15-8-6-11-18(15)36-23(21)26-20(30)14-35-25-28-27-22(19-12-7-13-34-19)29(25)16-9-4-5-10-17(16)32-2/h4-5,7,9-10,12-13H,3,6,8,11,14H2,1-2H3,(H,26,30). The molecular formula is C25H24N4O4S3. The number of aryl methyl sites for hydroxylation is 1. The molecule has 0 aliphatic heterocycles. The second-order valence-electron chi connectivity index (χ2n) is 7.91. The monoisotopic (exact) mass is 540 g/mol. The zero-order valence-corrected chi connectivity index (χ0v) is 22.2. The number of fused-ring (bicyclic) bond motifs is 1. The molecular weight excluding hydrogens is 517 g/mol. The summed E-state index contributed by atoms with van der Waals surface area (Å²) in [5, 5.41) is 14.9. The van der Waals surface area contributed by atoms with Crippen LogP contribution in [0.1, 0.15) is 34.1 Å². The van der Waals surface area contributed by atoms with Crippen molar-refractivity contribution in [1.29, 1.82) is 0 Å². The predicted molar refractivity (Wildman–Crippen MR) is 143 cm³/mol. The average molecular weight is 541 g/mol. The van der Waals surface area contributed by atoms with Crippen LogP contribution in [0.3, 0.4) is 0 Å². The molecule has 36 heavy (non-hydrogen) atoms. The van der Waals surface area contributed by atoms with Gasteiger partial charge in [0.05, 0.1) is 35.6 Å². The number of methoxy groups -OCH3 is 1. The van der Waals surface area contributed by atoms with Crippen LogP contribution >= 0.6 is 34.4 Å². The zero-order chi connectivity index (χ0) is 25.1. The van der Waals surface area contributed by atoms with Crippen molar-refractivity contribution in [2.75, 3.05) is 24.8 Å². The Morgan fingerprint density at radius 3 is 2.81 bits per heavy atom. The van der Waals surface area contributed by atoms with Crippen molar-refractivity contribution in [3.05, 3.63) is 57.8 Å². The number of nitrogens with zero attached hydrogens (tertiary/aromatic N) is 3. The Morgan fingerprint density at radius 1 is 1.17 bits per heavy atom. The van der Waals surface area contributed by atoms with Crippen LogP contribution in [0.15, 0.2) is 46.9 Å². The fourth-order valence-corrected chi connectivity index (χ4v) is 6.90. The van der Waals surface area contributed by atoms with Gasteiger partial charge in [-0.1, -0.05) is 30.0 Å². The fraction of sp³-hybridized carbons (Fsp3) is 0.280. The summed E-state index contributed by atoms with van der Waals surface area (Å²) in [6.45, 7) is 2.07. The number of thioether (sulfide) groups is 1. The van der Waals surface area contributed by atoms with E-state index < -0.39 is 0 Å². The van der Waals surface area contributed by atoms with Crippen LogP contribution in [0, 0.1) is 0 Å². The summed E-state index contributed by atoms with van der Waals surface area (Å²) in [6, 6.07) is 11.6. The summed E-state index contributed by atoms with van der Waals surface area (Å²) in [5.41, 5.74) is 2.30. The van der Waals surface area contributed by atoms with Crippen LogP contribution in [-0.4, -0.2) is 46.1 Å². The largest absolute Gasteiger partial charge is 0.495 e. The van der Waals surface area contributed by atoms with Gasteiger partial charge in [0.25, 0.3) is 0 Å². The lowest BCUT2D eigenvalue weighted by molar-refractivity contribution is -0.113. The molecule has 1 aliphatic carbocycles. The number of ether oxygens (including phenoxy) is 2. The first-order chi connectivity index (χ1) is 17.6. The molecule has 0 radical (unpaired) electrons. The number of para-hydroxylation sites is 2. The molecule has 186 valence electrons. The molecule has 3 aromatic heterocycles. The van der Waals surface area contributed by atoms with Gasteiger partial charge < -0.3 is 14.8 Å². The van der Waals surface area contributed by atoms with E-state index in [0.29, 0.717) is 27.3 Å². The van der Waals surface area contributed by atoms with E-state index >= 15 is 0 Å². The molecule has 1 aromatic carbocycles. The van der Waals surface area contributed by atoms with Crippen molar-refractivity contribution >= 4 is 51.3 Å². The number of hydrogen-bond donors (Lipinski definition) is 1. The number of benzene rings is 1. The summed E-state index contributed by atoms with van der Waals surface area (Å²) in [6.07, 6.45) is 2.77. The van der Waals surface area contributed by atoms with Gasteiger partial charge in [0, 0.05) is 4.88 Å².